The highest BCUT2D eigenvalue weighted by molar-refractivity contribution is 6.04. The first-order valence-corrected chi connectivity index (χ1v) is 11.5. The predicted molar refractivity (Wildman–Crippen MR) is 136 cm³/mol. The number of hydrogen-bond donors (Lipinski definition) is 1. The number of phenols is 1. The number of carbonyl (C=O) groups is 1. The van der Waals surface area contributed by atoms with Gasteiger partial charge in [0.1, 0.15) is 22.8 Å². The molecule has 4 rings (SSSR count). The molecule has 0 aliphatic carbocycles. The number of benzene rings is 2. The van der Waals surface area contributed by atoms with Crippen molar-refractivity contribution in [2.45, 2.75) is 32.7 Å². The zero-order valence-corrected chi connectivity index (χ0v) is 21.2. The van der Waals surface area contributed by atoms with Crippen molar-refractivity contribution in [2.75, 3.05) is 4.90 Å². The Morgan fingerprint density at radius 2 is 1.64 bits per heavy atom. The quantitative estimate of drug-likeness (QED) is 0.394. The van der Waals surface area contributed by atoms with E-state index in [1.807, 2.05) is 0 Å². The maximum atomic E-state index is 13.5. The minimum absolute atomic E-state index is 0.00488. The van der Waals surface area contributed by atoms with E-state index in [1.54, 1.807) is 20.8 Å². The number of fused-ring (bicyclic) bond motifs is 1. The molecule has 10 nitrogen and oxygen atoms in total. The van der Waals surface area contributed by atoms with Gasteiger partial charge in [0.15, 0.2) is 5.82 Å². The number of anilines is 2. The number of rotatable bonds is 4. The van der Waals surface area contributed by atoms with Crippen molar-refractivity contribution in [2.24, 2.45) is 7.05 Å². The van der Waals surface area contributed by atoms with Crippen LogP contribution in [0, 0.1) is 0 Å². The Kier molecular flexibility index (Phi) is 6.85. The molecule has 0 atom stereocenters. The van der Waals surface area contributed by atoms with Crippen LogP contribution in [-0.4, -0.2) is 37.5 Å². The molecule has 0 fully saturated rings. The summed E-state index contributed by atoms with van der Waals surface area (Å²) in [5.74, 6) is -1.01. The monoisotopic (exact) mass is 544 g/mol. The lowest BCUT2D eigenvalue weighted by molar-refractivity contribution is -0.274. The summed E-state index contributed by atoms with van der Waals surface area (Å²) in [4.78, 5) is 40.9. The molecule has 0 aliphatic heterocycles. The van der Waals surface area contributed by atoms with Gasteiger partial charge in [-0.2, -0.15) is 4.68 Å². The minimum Gasteiger partial charge on any atom is -0.508 e. The number of amides is 1. The number of aromatic hydroxyl groups is 1. The molecular formula is C26H23F3N4O6. The largest absolute Gasteiger partial charge is 0.573 e. The van der Waals surface area contributed by atoms with Crippen molar-refractivity contribution >= 4 is 28.4 Å². The van der Waals surface area contributed by atoms with E-state index in [2.05, 4.69) is 9.84 Å². The number of halogens is 3. The van der Waals surface area contributed by atoms with Crippen LogP contribution in [0.3, 0.4) is 0 Å². The topological polar surface area (TPSA) is 116 Å². The van der Waals surface area contributed by atoms with Gasteiger partial charge in [0.25, 0.3) is 11.1 Å². The van der Waals surface area contributed by atoms with E-state index in [0.717, 1.165) is 21.7 Å². The van der Waals surface area contributed by atoms with Gasteiger partial charge in [-0.3, -0.25) is 9.59 Å². The van der Waals surface area contributed by atoms with E-state index >= 15 is 0 Å². The number of aryl methyl sites for hydroxylation is 1. The number of pyridine rings is 1. The van der Waals surface area contributed by atoms with E-state index in [9.17, 15) is 32.7 Å². The Bertz CT molecular complexity index is 1670. The van der Waals surface area contributed by atoms with Gasteiger partial charge in [-0.25, -0.2) is 9.69 Å². The first-order valence-electron chi connectivity index (χ1n) is 11.5. The molecule has 39 heavy (non-hydrogen) atoms. The Morgan fingerprint density at radius 3 is 2.26 bits per heavy atom. The zero-order chi connectivity index (χ0) is 28.7. The molecule has 1 amide bonds. The fourth-order valence-electron chi connectivity index (χ4n) is 3.70. The van der Waals surface area contributed by atoms with Crippen molar-refractivity contribution in [3.63, 3.8) is 0 Å². The number of nitrogens with zero attached hydrogens (tertiary/aromatic N) is 4. The summed E-state index contributed by atoms with van der Waals surface area (Å²) in [5, 5.41) is 14.5. The van der Waals surface area contributed by atoms with Crippen LogP contribution in [-0.2, 0) is 11.8 Å². The molecule has 204 valence electrons. The number of ether oxygens (including phenoxy) is 2. The van der Waals surface area contributed by atoms with E-state index < -0.39 is 34.9 Å². The number of hydrogen-bond acceptors (Lipinski definition) is 7. The molecule has 4 aromatic rings. The summed E-state index contributed by atoms with van der Waals surface area (Å²) in [7, 11) is 1.47. The van der Waals surface area contributed by atoms with Crippen molar-refractivity contribution < 1.29 is 32.5 Å². The van der Waals surface area contributed by atoms with Crippen molar-refractivity contribution in [1.29, 1.82) is 0 Å². The molecule has 13 heteroatoms. The molecule has 0 aliphatic rings. The van der Waals surface area contributed by atoms with Crippen LogP contribution in [0.2, 0.25) is 0 Å². The van der Waals surface area contributed by atoms with Crippen LogP contribution in [0.5, 0.6) is 11.5 Å². The molecule has 2 heterocycles. The van der Waals surface area contributed by atoms with Crippen molar-refractivity contribution in [3.8, 4) is 17.2 Å². The summed E-state index contributed by atoms with van der Waals surface area (Å²) < 4.78 is 49.3. The van der Waals surface area contributed by atoms with E-state index in [0.29, 0.717) is 0 Å². The molecule has 1 N–H and O–H groups in total. The van der Waals surface area contributed by atoms with Gasteiger partial charge in [0, 0.05) is 18.6 Å². The maximum Gasteiger partial charge on any atom is 0.573 e. The van der Waals surface area contributed by atoms with Crippen LogP contribution in [0.1, 0.15) is 20.8 Å². The normalized spacial score (nSPS) is 11.9. The molecule has 0 saturated heterocycles. The van der Waals surface area contributed by atoms with E-state index in [1.165, 1.54) is 60.3 Å². The van der Waals surface area contributed by atoms with Gasteiger partial charge in [-0.15, -0.1) is 18.3 Å². The molecule has 2 aromatic carbocycles. The first kappa shape index (κ1) is 27.2. The Balaban J connectivity index is 2.01. The highest BCUT2D eigenvalue weighted by Gasteiger charge is 2.32. The second-order valence-corrected chi connectivity index (χ2v) is 9.44. The Labute approximate surface area is 219 Å². The highest BCUT2D eigenvalue weighted by Crippen LogP contribution is 2.32. The predicted octanol–water partition coefficient (Wildman–Crippen LogP) is 4.76. The third kappa shape index (κ3) is 5.87. The van der Waals surface area contributed by atoms with Crippen LogP contribution in [0.25, 0.3) is 16.5 Å². The second-order valence-electron chi connectivity index (χ2n) is 9.44. The van der Waals surface area contributed by atoms with Gasteiger partial charge in [0.2, 0.25) is 0 Å². The smallest absolute Gasteiger partial charge is 0.508 e. The SMILES string of the molecule is Cn1cccc(N(C(=O)OC(C)(C)C)c2nn(-c3ccc(OC(F)(F)F)cc3)c(=O)c3ccc(O)cc23)c1=O. The van der Waals surface area contributed by atoms with E-state index in [-0.39, 0.29) is 33.7 Å². The van der Waals surface area contributed by atoms with Gasteiger partial charge < -0.3 is 19.1 Å². The summed E-state index contributed by atoms with van der Waals surface area (Å²) in [6, 6.07) is 11.0. The molecule has 0 saturated carbocycles. The average molecular weight is 544 g/mol. The number of aromatic nitrogens is 3. The van der Waals surface area contributed by atoms with Crippen molar-refractivity contribution in [1.82, 2.24) is 14.3 Å². The lowest BCUT2D eigenvalue weighted by Crippen LogP contribution is -2.39. The second kappa shape index (κ2) is 9.82. The summed E-state index contributed by atoms with van der Waals surface area (Å²) in [5.41, 5.74) is -2.41. The fourth-order valence-corrected chi connectivity index (χ4v) is 3.70. The van der Waals surface area contributed by atoms with Gasteiger partial charge in [0.05, 0.1) is 11.1 Å². The third-order valence-corrected chi connectivity index (χ3v) is 5.31. The molecule has 0 radical (unpaired) electrons. The summed E-state index contributed by atoms with van der Waals surface area (Å²) in [6.45, 7) is 4.86. The molecular weight excluding hydrogens is 521 g/mol. The average Bonchev–Trinajstić information content (AvgIpc) is 2.82. The lowest BCUT2D eigenvalue weighted by Gasteiger charge is -2.27. The number of phenolic OH excluding ortho intramolecular Hbond substituents is 1. The van der Waals surface area contributed by atoms with Gasteiger partial charge in [-0.1, -0.05) is 0 Å². The van der Waals surface area contributed by atoms with Crippen molar-refractivity contribution in [3.05, 3.63) is 81.5 Å². The standard InChI is InChI=1S/C26H23F3N4O6/c1-25(2,3)39-24(37)32(20-6-5-13-31(4)23(20)36)21-19-14-16(34)9-12-18(19)22(35)33(30-21)15-7-10-17(11-8-15)38-26(27,28)29/h5-14,34H,1-4H3. The molecule has 2 aromatic heterocycles. The van der Waals surface area contributed by atoms with Gasteiger partial charge >= 0.3 is 12.5 Å². The fraction of sp³-hybridized carbons (Fsp3) is 0.231. The minimum atomic E-state index is -4.91. The Hall–Kier alpha value is -4.81. The number of alkyl halides is 3. The lowest BCUT2D eigenvalue weighted by atomic mass is 10.1. The van der Waals surface area contributed by atoms with E-state index in [4.69, 9.17) is 4.74 Å². The number of carbonyl (C=O) groups excluding carboxylic acids is 1. The molecule has 0 bridgehead atoms. The Morgan fingerprint density at radius 1 is 0.974 bits per heavy atom. The first-order chi connectivity index (χ1) is 18.1. The summed E-state index contributed by atoms with van der Waals surface area (Å²) in [6.07, 6.45) is -4.44. The van der Waals surface area contributed by atoms with Crippen LogP contribution >= 0.6 is 0 Å². The maximum absolute atomic E-state index is 13.5. The van der Waals surface area contributed by atoms with Crippen LogP contribution in [0.15, 0.2) is 70.4 Å². The zero-order valence-electron chi connectivity index (χ0n) is 21.2. The highest BCUT2D eigenvalue weighted by atomic mass is 19.4. The van der Waals surface area contributed by atoms with Crippen LogP contribution in [0.4, 0.5) is 29.5 Å². The summed E-state index contributed by atoms with van der Waals surface area (Å²) >= 11 is 0. The van der Waals surface area contributed by atoms with Gasteiger partial charge in [-0.05, 0) is 75.4 Å². The third-order valence-electron chi connectivity index (χ3n) is 5.31. The molecule has 0 unspecified atom stereocenters. The van der Waals surface area contributed by atoms with Crippen LogP contribution < -0.4 is 20.8 Å². The molecule has 0 spiro atoms.